The lowest BCUT2D eigenvalue weighted by atomic mass is 10.6. The molecule has 9 heavy (non-hydrogen) atoms. The third-order valence-electron chi connectivity index (χ3n) is 0.720. The van der Waals surface area contributed by atoms with Crippen molar-refractivity contribution in [2.75, 3.05) is 13.6 Å². The van der Waals surface area contributed by atoms with E-state index in [1.807, 2.05) is 0 Å². The second-order valence-electron chi connectivity index (χ2n) is 1.60. The van der Waals surface area contributed by atoms with Gasteiger partial charge in [-0.3, -0.25) is 4.79 Å². The smallest absolute Gasteiger partial charge is 0.407 e. The Bertz CT molecular complexity index is 134. The molecule has 0 aromatic carbocycles. The second-order valence-corrected chi connectivity index (χ2v) is 1.60. The van der Waals surface area contributed by atoms with Crippen molar-refractivity contribution in [2.45, 2.75) is 0 Å². The highest BCUT2D eigenvalue weighted by Gasteiger charge is 2.06. The zero-order valence-electron chi connectivity index (χ0n) is 5.00. The minimum absolute atomic E-state index is 0.255. The summed E-state index contributed by atoms with van der Waals surface area (Å²) in [7, 11) is 1.27. The molecule has 0 aliphatic rings. The van der Waals surface area contributed by atoms with Crippen LogP contribution in [-0.2, 0) is 4.79 Å². The SMILES string of the molecule is CN(CC(N)=O)C(=O)O. The highest BCUT2D eigenvalue weighted by atomic mass is 16.4. The monoisotopic (exact) mass is 132 g/mol. The first-order valence-corrected chi connectivity index (χ1v) is 2.26. The molecular weight excluding hydrogens is 124 g/mol. The summed E-state index contributed by atoms with van der Waals surface area (Å²) in [5.41, 5.74) is 4.69. The van der Waals surface area contributed by atoms with E-state index in [0.29, 0.717) is 0 Å². The van der Waals surface area contributed by atoms with E-state index in [2.05, 4.69) is 5.73 Å². The molecule has 0 saturated heterocycles. The first-order chi connectivity index (χ1) is 4.04. The Morgan fingerprint density at radius 3 is 2.22 bits per heavy atom. The molecule has 0 aliphatic heterocycles. The highest BCUT2D eigenvalue weighted by Crippen LogP contribution is 1.79. The van der Waals surface area contributed by atoms with Gasteiger partial charge in [0.2, 0.25) is 5.91 Å². The van der Waals surface area contributed by atoms with Gasteiger partial charge in [-0.05, 0) is 0 Å². The normalized spacial score (nSPS) is 8.56. The number of carboxylic acid groups (broad SMARTS) is 1. The number of nitrogens with two attached hydrogens (primary N) is 1. The molecule has 52 valence electrons. The molecule has 0 rings (SSSR count). The Kier molecular flexibility index (Phi) is 2.50. The van der Waals surface area contributed by atoms with Crippen molar-refractivity contribution in [1.82, 2.24) is 4.90 Å². The third kappa shape index (κ3) is 3.33. The number of hydrogen-bond acceptors (Lipinski definition) is 2. The van der Waals surface area contributed by atoms with Crippen LogP contribution >= 0.6 is 0 Å². The number of nitrogens with zero attached hydrogens (tertiary/aromatic N) is 1. The van der Waals surface area contributed by atoms with Crippen LogP contribution in [0.25, 0.3) is 0 Å². The Morgan fingerprint density at radius 2 is 2.11 bits per heavy atom. The average Bonchev–Trinajstić information content (AvgIpc) is 1.63. The molecule has 0 saturated carbocycles. The van der Waals surface area contributed by atoms with Crippen LogP contribution in [0.3, 0.4) is 0 Å². The summed E-state index contributed by atoms with van der Waals surface area (Å²) >= 11 is 0. The van der Waals surface area contributed by atoms with Gasteiger partial charge in [0, 0.05) is 7.05 Å². The lowest BCUT2D eigenvalue weighted by Gasteiger charge is -2.08. The maximum absolute atomic E-state index is 10.0. The first-order valence-electron chi connectivity index (χ1n) is 2.26. The number of likely N-dealkylation sites (N-methyl/N-ethyl adjacent to an activating group) is 1. The van der Waals surface area contributed by atoms with Crippen molar-refractivity contribution in [2.24, 2.45) is 5.73 Å². The van der Waals surface area contributed by atoms with Gasteiger partial charge in [-0.2, -0.15) is 0 Å². The lowest BCUT2D eigenvalue weighted by molar-refractivity contribution is -0.118. The van der Waals surface area contributed by atoms with E-state index in [4.69, 9.17) is 5.11 Å². The largest absolute Gasteiger partial charge is 0.465 e. The molecule has 0 spiro atoms. The molecule has 0 aliphatic carbocycles. The molecule has 0 atom stereocenters. The predicted octanol–water partition coefficient (Wildman–Crippen LogP) is -0.918. The van der Waals surface area contributed by atoms with E-state index in [0.717, 1.165) is 4.90 Å². The summed E-state index contributed by atoms with van der Waals surface area (Å²) in [6, 6.07) is 0. The number of primary amides is 1. The Balaban J connectivity index is 3.63. The predicted molar refractivity (Wildman–Crippen MR) is 29.8 cm³/mol. The highest BCUT2D eigenvalue weighted by molar-refractivity contribution is 5.79. The van der Waals surface area contributed by atoms with E-state index < -0.39 is 12.0 Å². The molecule has 0 unspecified atom stereocenters. The second kappa shape index (κ2) is 2.91. The van der Waals surface area contributed by atoms with Crippen molar-refractivity contribution >= 4 is 12.0 Å². The molecule has 5 nitrogen and oxygen atoms in total. The van der Waals surface area contributed by atoms with Crippen LogP contribution in [0.1, 0.15) is 0 Å². The summed E-state index contributed by atoms with van der Waals surface area (Å²) in [5, 5.41) is 8.15. The minimum atomic E-state index is -1.16. The lowest BCUT2D eigenvalue weighted by Crippen LogP contribution is -2.34. The maximum Gasteiger partial charge on any atom is 0.407 e. The summed E-state index contributed by atoms with van der Waals surface area (Å²) < 4.78 is 0. The number of carbonyl (C=O) groups is 2. The van der Waals surface area contributed by atoms with Crippen LogP contribution in [-0.4, -0.2) is 35.6 Å². The first kappa shape index (κ1) is 7.74. The van der Waals surface area contributed by atoms with Gasteiger partial charge in [0.1, 0.15) is 6.54 Å². The van der Waals surface area contributed by atoms with Gasteiger partial charge in [0.05, 0.1) is 0 Å². The molecule has 0 heterocycles. The summed E-state index contributed by atoms with van der Waals surface area (Å²) in [4.78, 5) is 20.8. The van der Waals surface area contributed by atoms with Crippen molar-refractivity contribution in [3.8, 4) is 0 Å². The van der Waals surface area contributed by atoms with E-state index in [1.165, 1.54) is 7.05 Å². The van der Waals surface area contributed by atoms with Gasteiger partial charge in [0.25, 0.3) is 0 Å². The van der Waals surface area contributed by atoms with Crippen LogP contribution in [0.15, 0.2) is 0 Å². The van der Waals surface area contributed by atoms with Gasteiger partial charge in [-0.25, -0.2) is 4.79 Å². The summed E-state index contributed by atoms with van der Waals surface area (Å²) in [5.74, 6) is -0.653. The Hall–Kier alpha value is -1.26. The standard InChI is InChI=1S/C4H8N2O3/c1-6(4(8)9)2-3(5)7/h2H2,1H3,(H2,5,7)(H,8,9). The summed E-state index contributed by atoms with van der Waals surface area (Å²) in [6.07, 6.45) is -1.16. The van der Waals surface area contributed by atoms with E-state index >= 15 is 0 Å². The van der Waals surface area contributed by atoms with Gasteiger partial charge >= 0.3 is 6.09 Å². The van der Waals surface area contributed by atoms with E-state index in [-0.39, 0.29) is 6.54 Å². The fourth-order valence-corrected chi connectivity index (χ4v) is 0.301. The third-order valence-corrected chi connectivity index (χ3v) is 0.720. The quantitative estimate of drug-likeness (QED) is 0.509. The van der Waals surface area contributed by atoms with Crippen molar-refractivity contribution in [3.05, 3.63) is 0 Å². The molecule has 2 amide bonds. The fraction of sp³-hybridized carbons (Fsp3) is 0.500. The molecule has 5 heteroatoms. The van der Waals surface area contributed by atoms with E-state index in [1.54, 1.807) is 0 Å². The van der Waals surface area contributed by atoms with Crippen LogP contribution in [0, 0.1) is 0 Å². The van der Waals surface area contributed by atoms with Crippen LogP contribution in [0.5, 0.6) is 0 Å². The molecule has 3 N–H and O–H groups in total. The fourth-order valence-electron chi connectivity index (χ4n) is 0.301. The zero-order valence-corrected chi connectivity index (χ0v) is 5.00. The van der Waals surface area contributed by atoms with Crippen LogP contribution in [0.4, 0.5) is 4.79 Å². The van der Waals surface area contributed by atoms with Crippen molar-refractivity contribution < 1.29 is 14.7 Å². The van der Waals surface area contributed by atoms with Crippen molar-refractivity contribution in [1.29, 1.82) is 0 Å². The average molecular weight is 132 g/mol. The molecule has 0 fully saturated rings. The van der Waals surface area contributed by atoms with Crippen molar-refractivity contribution in [3.63, 3.8) is 0 Å². The van der Waals surface area contributed by atoms with Crippen LogP contribution in [0.2, 0.25) is 0 Å². The molecule has 0 radical (unpaired) electrons. The van der Waals surface area contributed by atoms with Gasteiger partial charge in [-0.15, -0.1) is 0 Å². The van der Waals surface area contributed by atoms with Gasteiger partial charge in [0.15, 0.2) is 0 Å². The number of rotatable bonds is 2. The maximum atomic E-state index is 10.0. The molecule has 0 bridgehead atoms. The number of amides is 2. The van der Waals surface area contributed by atoms with Gasteiger partial charge < -0.3 is 15.7 Å². The minimum Gasteiger partial charge on any atom is -0.465 e. The number of carbonyl (C=O) groups excluding carboxylic acids is 1. The Morgan fingerprint density at radius 1 is 1.67 bits per heavy atom. The molecule has 0 aromatic rings. The van der Waals surface area contributed by atoms with E-state index in [9.17, 15) is 9.59 Å². The zero-order chi connectivity index (χ0) is 7.44. The summed E-state index contributed by atoms with van der Waals surface area (Å²) in [6.45, 7) is -0.255. The van der Waals surface area contributed by atoms with Crippen LogP contribution < -0.4 is 5.73 Å². The molecule has 0 aromatic heterocycles. The van der Waals surface area contributed by atoms with Gasteiger partial charge in [-0.1, -0.05) is 0 Å². The molecular formula is C4H8N2O3. The topological polar surface area (TPSA) is 83.6 Å². The number of hydrogen-bond donors (Lipinski definition) is 2. The Labute approximate surface area is 52.1 Å².